The standard InChI is InChI=1S/C30H23N3O5S/c34-28(21-9-3-1-4-10-21)20-39-25-17-15-24(16-18-25)31-30(36)26(32-29(35)22-11-5-2-6-12-22)19-23-13-7-8-14-27(23)33(37)38/h1-19H,20H2,(H,31,36)(H,32,35)/b26-19-. The van der Waals surface area contributed by atoms with Crippen LogP contribution in [0.25, 0.3) is 6.08 Å². The molecule has 4 aromatic rings. The predicted molar refractivity (Wildman–Crippen MR) is 152 cm³/mol. The molecule has 0 radical (unpaired) electrons. The summed E-state index contributed by atoms with van der Waals surface area (Å²) in [6.45, 7) is 0. The average molecular weight is 538 g/mol. The Balaban J connectivity index is 1.50. The molecule has 0 fully saturated rings. The Kier molecular flexibility index (Phi) is 8.99. The van der Waals surface area contributed by atoms with E-state index in [1.807, 2.05) is 18.2 Å². The van der Waals surface area contributed by atoms with E-state index in [0.717, 1.165) is 4.90 Å². The van der Waals surface area contributed by atoms with Gasteiger partial charge >= 0.3 is 0 Å². The van der Waals surface area contributed by atoms with E-state index >= 15 is 0 Å². The van der Waals surface area contributed by atoms with Crippen LogP contribution in [0.5, 0.6) is 0 Å². The second-order valence-electron chi connectivity index (χ2n) is 8.25. The fourth-order valence-electron chi connectivity index (χ4n) is 3.56. The first-order valence-corrected chi connectivity index (χ1v) is 12.8. The molecule has 0 saturated heterocycles. The van der Waals surface area contributed by atoms with Crippen LogP contribution in [-0.2, 0) is 4.79 Å². The van der Waals surface area contributed by atoms with Gasteiger partial charge < -0.3 is 10.6 Å². The van der Waals surface area contributed by atoms with Crippen molar-refractivity contribution in [2.75, 3.05) is 11.1 Å². The third-order valence-corrected chi connectivity index (χ3v) is 6.55. The number of ketones is 1. The van der Waals surface area contributed by atoms with Crippen molar-refractivity contribution < 1.29 is 19.3 Å². The molecule has 0 aliphatic heterocycles. The second kappa shape index (κ2) is 13.0. The quantitative estimate of drug-likeness (QED) is 0.0845. The molecule has 2 N–H and O–H groups in total. The molecule has 0 atom stereocenters. The maximum absolute atomic E-state index is 13.2. The summed E-state index contributed by atoms with van der Waals surface area (Å²) in [5, 5.41) is 16.8. The summed E-state index contributed by atoms with van der Waals surface area (Å²) in [6, 6.07) is 30.2. The van der Waals surface area contributed by atoms with Crippen molar-refractivity contribution in [3.05, 3.63) is 142 Å². The number of nitrogens with one attached hydrogen (secondary N) is 2. The number of Topliss-reactive ketones (excluding diaryl/α,β-unsaturated/α-hetero) is 1. The van der Waals surface area contributed by atoms with E-state index in [9.17, 15) is 24.5 Å². The van der Waals surface area contributed by atoms with Gasteiger partial charge in [-0.3, -0.25) is 24.5 Å². The number of nitro groups is 1. The molecule has 4 aromatic carbocycles. The summed E-state index contributed by atoms with van der Waals surface area (Å²) in [4.78, 5) is 50.1. The normalized spacial score (nSPS) is 10.9. The number of amides is 2. The Labute approximate surface area is 228 Å². The Bertz CT molecular complexity index is 1520. The summed E-state index contributed by atoms with van der Waals surface area (Å²) in [5.41, 5.74) is 1.21. The number of nitro benzene ring substituents is 1. The van der Waals surface area contributed by atoms with E-state index < -0.39 is 16.7 Å². The summed E-state index contributed by atoms with van der Waals surface area (Å²) in [6.07, 6.45) is 1.27. The molecule has 0 aromatic heterocycles. The Morgan fingerprint density at radius 1 is 0.769 bits per heavy atom. The summed E-state index contributed by atoms with van der Waals surface area (Å²) >= 11 is 1.37. The van der Waals surface area contributed by atoms with Gasteiger partial charge in [-0.25, -0.2) is 0 Å². The Morgan fingerprint density at radius 2 is 1.36 bits per heavy atom. The van der Waals surface area contributed by atoms with E-state index in [4.69, 9.17) is 0 Å². The van der Waals surface area contributed by atoms with Gasteiger partial charge in [0.2, 0.25) is 0 Å². The van der Waals surface area contributed by atoms with Crippen LogP contribution in [0.3, 0.4) is 0 Å². The molecule has 0 heterocycles. The smallest absolute Gasteiger partial charge is 0.276 e. The molecule has 0 unspecified atom stereocenters. The lowest BCUT2D eigenvalue weighted by Gasteiger charge is -2.12. The van der Waals surface area contributed by atoms with Crippen LogP contribution >= 0.6 is 11.8 Å². The van der Waals surface area contributed by atoms with E-state index in [1.165, 1.54) is 36.0 Å². The van der Waals surface area contributed by atoms with E-state index in [1.54, 1.807) is 72.8 Å². The molecule has 2 amide bonds. The summed E-state index contributed by atoms with van der Waals surface area (Å²) in [5.74, 6) is -0.913. The molecule has 0 bridgehead atoms. The van der Waals surface area contributed by atoms with Crippen molar-refractivity contribution in [3.8, 4) is 0 Å². The third-order valence-electron chi connectivity index (χ3n) is 5.54. The van der Waals surface area contributed by atoms with Crippen molar-refractivity contribution in [1.82, 2.24) is 5.32 Å². The molecular formula is C30H23N3O5S. The van der Waals surface area contributed by atoms with Gasteiger partial charge in [0.15, 0.2) is 5.78 Å². The fourth-order valence-corrected chi connectivity index (χ4v) is 4.36. The van der Waals surface area contributed by atoms with Gasteiger partial charge in [0.05, 0.1) is 16.2 Å². The molecule has 194 valence electrons. The van der Waals surface area contributed by atoms with Gasteiger partial charge in [0, 0.05) is 27.8 Å². The molecule has 0 saturated carbocycles. The first kappa shape index (κ1) is 27.0. The highest BCUT2D eigenvalue weighted by atomic mass is 32.2. The number of hydrogen-bond donors (Lipinski definition) is 2. The molecular weight excluding hydrogens is 514 g/mol. The Hall–Kier alpha value is -5.02. The minimum atomic E-state index is -0.655. The first-order chi connectivity index (χ1) is 18.9. The molecule has 39 heavy (non-hydrogen) atoms. The maximum atomic E-state index is 13.2. The van der Waals surface area contributed by atoms with Crippen LogP contribution in [0.1, 0.15) is 26.3 Å². The largest absolute Gasteiger partial charge is 0.321 e. The fraction of sp³-hybridized carbons (Fsp3) is 0.0333. The van der Waals surface area contributed by atoms with Crippen molar-refractivity contribution in [2.45, 2.75) is 4.90 Å². The highest BCUT2D eigenvalue weighted by Crippen LogP contribution is 2.23. The maximum Gasteiger partial charge on any atom is 0.276 e. The lowest BCUT2D eigenvalue weighted by Crippen LogP contribution is -2.30. The molecule has 0 aliphatic rings. The van der Waals surface area contributed by atoms with Gasteiger partial charge in [-0.05, 0) is 48.5 Å². The highest BCUT2D eigenvalue weighted by molar-refractivity contribution is 8.00. The van der Waals surface area contributed by atoms with Crippen LogP contribution in [-0.4, -0.2) is 28.3 Å². The van der Waals surface area contributed by atoms with Crippen LogP contribution in [0.4, 0.5) is 11.4 Å². The Morgan fingerprint density at radius 3 is 2.00 bits per heavy atom. The minimum Gasteiger partial charge on any atom is -0.321 e. The van der Waals surface area contributed by atoms with Crippen molar-refractivity contribution >= 4 is 46.8 Å². The van der Waals surface area contributed by atoms with Gasteiger partial charge in [0.25, 0.3) is 17.5 Å². The van der Waals surface area contributed by atoms with Gasteiger partial charge in [-0.15, -0.1) is 11.8 Å². The van der Waals surface area contributed by atoms with Crippen LogP contribution in [0, 0.1) is 10.1 Å². The van der Waals surface area contributed by atoms with Crippen LogP contribution in [0.15, 0.2) is 120 Å². The number of thioether (sulfide) groups is 1. The number of carbonyl (C=O) groups is 3. The number of hydrogen-bond acceptors (Lipinski definition) is 6. The van der Waals surface area contributed by atoms with Gasteiger partial charge in [-0.2, -0.15) is 0 Å². The first-order valence-electron chi connectivity index (χ1n) is 11.8. The average Bonchev–Trinajstić information content (AvgIpc) is 2.97. The molecule has 9 heteroatoms. The number of rotatable bonds is 10. The zero-order valence-corrected chi connectivity index (χ0v) is 21.4. The number of nitrogens with zero attached hydrogens (tertiary/aromatic N) is 1. The monoisotopic (exact) mass is 537 g/mol. The molecule has 0 aliphatic carbocycles. The van der Waals surface area contributed by atoms with Gasteiger partial charge in [-0.1, -0.05) is 60.7 Å². The number of anilines is 1. The second-order valence-corrected chi connectivity index (χ2v) is 9.30. The number of carbonyl (C=O) groups excluding carboxylic acids is 3. The lowest BCUT2D eigenvalue weighted by molar-refractivity contribution is -0.385. The molecule has 4 rings (SSSR count). The molecule has 0 spiro atoms. The number of para-hydroxylation sites is 1. The van der Waals surface area contributed by atoms with Gasteiger partial charge in [0.1, 0.15) is 5.70 Å². The molecule has 8 nitrogen and oxygen atoms in total. The summed E-state index contributed by atoms with van der Waals surface area (Å²) < 4.78 is 0. The number of benzene rings is 4. The SMILES string of the molecule is O=C(Nc1ccc(SCC(=O)c2ccccc2)cc1)/C(=C/c1ccccc1[N+](=O)[O-])NC(=O)c1ccccc1. The van der Waals surface area contributed by atoms with Crippen LogP contribution < -0.4 is 10.6 Å². The predicted octanol–water partition coefficient (Wildman–Crippen LogP) is 5.98. The lowest BCUT2D eigenvalue weighted by atomic mass is 10.1. The van der Waals surface area contributed by atoms with E-state index in [2.05, 4.69) is 10.6 Å². The highest BCUT2D eigenvalue weighted by Gasteiger charge is 2.18. The van der Waals surface area contributed by atoms with Crippen molar-refractivity contribution in [2.24, 2.45) is 0 Å². The third kappa shape index (κ3) is 7.50. The topological polar surface area (TPSA) is 118 Å². The zero-order valence-electron chi connectivity index (χ0n) is 20.6. The summed E-state index contributed by atoms with van der Waals surface area (Å²) in [7, 11) is 0. The van der Waals surface area contributed by atoms with E-state index in [-0.39, 0.29) is 28.5 Å². The van der Waals surface area contributed by atoms with Crippen molar-refractivity contribution in [3.63, 3.8) is 0 Å². The zero-order chi connectivity index (χ0) is 27.6. The van der Waals surface area contributed by atoms with Crippen molar-refractivity contribution in [1.29, 1.82) is 0 Å². The minimum absolute atomic E-state index is 0.0110. The van der Waals surface area contributed by atoms with E-state index in [0.29, 0.717) is 16.8 Å². The van der Waals surface area contributed by atoms with Crippen LogP contribution in [0.2, 0.25) is 0 Å².